The monoisotopic (exact) mass is 200 g/mol. The fourth-order valence-corrected chi connectivity index (χ4v) is 1.63. The van der Waals surface area contributed by atoms with E-state index >= 15 is 0 Å². The number of carbonyl (C=O) groups is 1. The van der Waals surface area contributed by atoms with Crippen molar-refractivity contribution in [2.45, 2.75) is 31.7 Å². The van der Waals surface area contributed by atoms with Crippen molar-refractivity contribution in [3.05, 3.63) is 0 Å². The molecular formula is C10H20N2O2. The predicted molar refractivity (Wildman–Crippen MR) is 55.1 cm³/mol. The van der Waals surface area contributed by atoms with E-state index in [1.807, 2.05) is 0 Å². The van der Waals surface area contributed by atoms with Gasteiger partial charge in [0.1, 0.15) is 0 Å². The molecule has 1 unspecified atom stereocenters. The molecule has 2 N–H and O–H groups in total. The molecule has 4 nitrogen and oxygen atoms in total. The van der Waals surface area contributed by atoms with Crippen LogP contribution in [-0.2, 0) is 9.53 Å². The Bertz CT molecular complexity index is 168. The van der Waals surface area contributed by atoms with Crippen LogP contribution in [0.5, 0.6) is 0 Å². The molecule has 1 aliphatic heterocycles. The van der Waals surface area contributed by atoms with E-state index < -0.39 is 0 Å². The van der Waals surface area contributed by atoms with Gasteiger partial charge < -0.3 is 15.4 Å². The maximum absolute atomic E-state index is 11.5. The molecular weight excluding hydrogens is 180 g/mol. The molecule has 0 aromatic rings. The molecule has 1 fully saturated rings. The highest BCUT2D eigenvalue weighted by molar-refractivity contribution is 5.81. The van der Waals surface area contributed by atoms with Gasteiger partial charge in [0.15, 0.2) is 0 Å². The molecule has 0 radical (unpaired) electrons. The van der Waals surface area contributed by atoms with Gasteiger partial charge in [-0.3, -0.25) is 4.79 Å². The summed E-state index contributed by atoms with van der Waals surface area (Å²) < 4.78 is 4.90. The van der Waals surface area contributed by atoms with Crippen LogP contribution in [0.1, 0.15) is 25.7 Å². The van der Waals surface area contributed by atoms with E-state index in [2.05, 4.69) is 10.6 Å². The average Bonchev–Trinajstić information content (AvgIpc) is 2.25. The number of amides is 1. The summed E-state index contributed by atoms with van der Waals surface area (Å²) in [5.41, 5.74) is 0. The van der Waals surface area contributed by atoms with Crippen molar-refractivity contribution >= 4 is 5.91 Å². The Balaban J connectivity index is 2.07. The maximum atomic E-state index is 11.5. The molecule has 1 aliphatic rings. The summed E-state index contributed by atoms with van der Waals surface area (Å²) in [4.78, 5) is 11.5. The summed E-state index contributed by atoms with van der Waals surface area (Å²) in [5, 5.41) is 6.12. The number of methoxy groups -OCH3 is 1. The molecule has 0 bridgehead atoms. The van der Waals surface area contributed by atoms with Gasteiger partial charge in [0.25, 0.3) is 0 Å². The molecule has 1 rings (SSSR count). The summed E-state index contributed by atoms with van der Waals surface area (Å²) in [7, 11) is 1.67. The van der Waals surface area contributed by atoms with Gasteiger partial charge in [0.05, 0.1) is 6.04 Å². The number of nitrogens with one attached hydrogen (secondary N) is 2. The first kappa shape index (κ1) is 11.5. The lowest BCUT2D eigenvalue weighted by Crippen LogP contribution is -2.46. The number of carbonyl (C=O) groups excluding carboxylic acids is 1. The number of piperidine rings is 1. The molecule has 1 atom stereocenters. The molecule has 0 saturated carbocycles. The smallest absolute Gasteiger partial charge is 0.237 e. The van der Waals surface area contributed by atoms with E-state index in [0.29, 0.717) is 13.2 Å². The summed E-state index contributed by atoms with van der Waals surface area (Å²) >= 11 is 0. The van der Waals surface area contributed by atoms with Crippen molar-refractivity contribution in [1.29, 1.82) is 0 Å². The summed E-state index contributed by atoms with van der Waals surface area (Å²) in [6.07, 6.45) is 4.20. The standard InChI is InChI=1S/C10H20N2O2/c1-14-8-4-7-12-10(13)9-5-2-3-6-11-9/h9,11H,2-8H2,1H3,(H,12,13). The molecule has 0 spiro atoms. The van der Waals surface area contributed by atoms with Crippen LogP contribution in [0.25, 0.3) is 0 Å². The highest BCUT2D eigenvalue weighted by Gasteiger charge is 2.19. The number of hydrogen-bond donors (Lipinski definition) is 2. The molecule has 1 amide bonds. The van der Waals surface area contributed by atoms with Gasteiger partial charge in [0, 0.05) is 20.3 Å². The Hall–Kier alpha value is -0.610. The van der Waals surface area contributed by atoms with Gasteiger partial charge in [-0.15, -0.1) is 0 Å². The van der Waals surface area contributed by atoms with Crippen LogP contribution in [0.3, 0.4) is 0 Å². The van der Waals surface area contributed by atoms with Crippen molar-refractivity contribution in [2.75, 3.05) is 26.8 Å². The van der Waals surface area contributed by atoms with Gasteiger partial charge >= 0.3 is 0 Å². The Morgan fingerprint density at radius 1 is 1.57 bits per heavy atom. The topological polar surface area (TPSA) is 50.4 Å². The largest absolute Gasteiger partial charge is 0.385 e. The SMILES string of the molecule is COCCCNC(=O)C1CCCCN1. The van der Waals surface area contributed by atoms with Gasteiger partial charge in [0.2, 0.25) is 5.91 Å². The molecule has 1 heterocycles. The average molecular weight is 200 g/mol. The number of rotatable bonds is 5. The van der Waals surface area contributed by atoms with Crippen molar-refractivity contribution in [3.63, 3.8) is 0 Å². The van der Waals surface area contributed by atoms with E-state index in [4.69, 9.17) is 4.74 Å². The first-order valence-electron chi connectivity index (χ1n) is 5.34. The number of hydrogen-bond acceptors (Lipinski definition) is 3. The molecule has 0 aliphatic carbocycles. The predicted octanol–water partition coefficient (Wildman–Crippen LogP) is 0.281. The van der Waals surface area contributed by atoms with Crippen LogP contribution < -0.4 is 10.6 Å². The molecule has 4 heteroatoms. The van der Waals surface area contributed by atoms with Crippen LogP contribution in [0.2, 0.25) is 0 Å². The third-order valence-electron chi connectivity index (χ3n) is 2.45. The zero-order valence-electron chi connectivity index (χ0n) is 8.84. The first-order chi connectivity index (χ1) is 6.84. The lowest BCUT2D eigenvalue weighted by Gasteiger charge is -2.22. The van der Waals surface area contributed by atoms with E-state index in [9.17, 15) is 4.79 Å². The maximum Gasteiger partial charge on any atom is 0.237 e. The quantitative estimate of drug-likeness (QED) is 0.627. The minimum Gasteiger partial charge on any atom is -0.385 e. The Labute approximate surface area is 85.4 Å². The lowest BCUT2D eigenvalue weighted by atomic mass is 10.0. The molecule has 0 aromatic heterocycles. The number of ether oxygens (including phenoxy) is 1. The Morgan fingerprint density at radius 2 is 2.43 bits per heavy atom. The van der Waals surface area contributed by atoms with E-state index in [1.54, 1.807) is 7.11 Å². The normalized spacial score (nSPS) is 21.9. The van der Waals surface area contributed by atoms with Crippen molar-refractivity contribution in [2.24, 2.45) is 0 Å². The van der Waals surface area contributed by atoms with Crippen LogP contribution in [-0.4, -0.2) is 38.8 Å². The Morgan fingerprint density at radius 3 is 3.07 bits per heavy atom. The minimum absolute atomic E-state index is 0.0336. The third-order valence-corrected chi connectivity index (χ3v) is 2.45. The Kier molecular flexibility index (Phi) is 5.56. The molecule has 82 valence electrons. The van der Waals surface area contributed by atoms with Gasteiger partial charge in [-0.05, 0) is 25.8 Å². The fraction of sp³-hybridized carbons (Fsp3) is 0.900. The van der Waals surface area contributed by atoms with Gasteiger partial charge in [-0.1, -0.05) is 6.42 Å². The second-order valence-electron chi connectivity index (χ2n) is 3.64. The van der Waals surface area contributed by atoms with Gasteiger partial charge in [-0.2, -0.15) is 0 Å². The minimum atomic E-state index is 0.0336. The van der Waals surface area contributed by atoms with E-state index in [0.717, 1.165) is 25.8 Å². The van der Waals surface area contributed by atoms with Gasteiger partial charge in [-0.25, -0.2) is 0 Å². The lowest BCUT2D eigenvalue weighted by molar-refractivity contribution is -0.123. The van der Waals surface area contributed by atoms with Crippen LogP contribution in [0.15, 0.2) is 0 Å². The molecule has 0 aromatic carbocycles. The summed E-state index contributed by atoms with van der Waals surface area (Å²) in [5.74, 6) is 0.140. The van der Waals surface area contributed by atoms with Crippen LogP contribution in [0, 0.1) is 0 Å². The van der Waals surface area contributed by atoms with Crippen molar-refractivity contribution in [3.8, 4) is 0 Å². The van der Waals surface area contributed by atoms with E-state index in [-0.39, 0.29) is 11.9 Å². The van der Waals surface area contributed by atoms with Crippen LogP contribution >= 0.6 is 0 Å². The summed E-state index contributed by atoms with van der Waals surface area (Å²) in [6.45, 7) is 2.39. The highest BCUT2D eigenvalue weighted by atomic mass is 16.5. The molecule has 1 saturated heterocycles. The van der Waals surface area contributed by atoms with E-state index in [1.165, 1.54) is 6.42 Å². The second kappa shape index (κ2) is 6.79. The third kappa shape index (κ3) is 4.07. The fourth-order valence-electron chi connectivity index (χ4n) is 1.63. The van der Waals surface area contributed by atoms with Crippen molar-refractivity contribution in [1.82, 2.24) is 10.6 Å². The second-order valence-corrected chi connectivity index (χ2v) is 3.64. The zero-order chi connectivity index (χ0) is 10.2. The summed E-state index contributed by atoms with van der Waals surface area (Å²) in [6, 6.07) is 0.0336. The first-order valence-corrected chi connectivity index (χ1v) is 5.34. The highest BCUT2D eigenvalue weighted by Crippen LogP contribution is 2.06. The van der Waals surface area contributed by atoms with Crippen molar-refractivity contribution < 1.29 is 9.53 Å². The van der Waals surface area contributed by atoms with Crippen LogP contribution in [0.4, 0.5) is 0 Å². The molecule has 14 heavy (non-hydrogen) atoms. The zero-order valence-corrected chi connectivity index (χ0v) is 8.84.